The van der Waals surface area contributed by atoms with Gasteiger partial charge in [0.25, 0.3) is 0 Å². The highest BCUT2D eigenvalue weighted by atomic mass is 14.7. The molecule has 1 N–H and O–H groups in total. The molecule has 5 rings (SSSR count). The Morgan fingerprint density at radius 3 is 2.38 bits per heavy atom. The number of fused-ring (bicyclic) bond motifs is 7. The van der Waals surface area contributed by atoms with E-state index < -0.39 is 0 Å². The molecule has 1 aromatic heterocycles. The Labute approximate surface area is 123 Å². The van der Waals surface area contributed by atoms with Crippen molar-refractivity contribution in [3.8, 4) is 11.3 Å². The molecule has 0 bridgehead atoms. The summed E-state index contributed by atoms with van der Waals surface area (Å²) in [7, 11) is 0. The summed E-state index contributed by atoms with van der Waals surface area (Å²) in [5.41, 5.74) is 6.93. The van der Waals surface area contributed by atoms with Crippen molar-refractivity contribution in [3.05, 3.63) is 71.8 Å². The lowest BCUT2D eigenvalue weighted by molar-refractivity contribution is 0.957. The van der Waals surface area contributed by atoms with Gasteiger partial charge in [-0.1, -0.05) is 54.6 Å². The highest BCUT2D eigenvalue weighted by molar-refractivity contribution is 5.97. The van der Waals surface area contributed by atoms with E-state index in [-0.39, 0.29) is 0 Å². The van der Waals surface area contributed by atoms with E-state index in [1.807, 2.05) is 0 Å². The van der Waals surface area contributed by atoms with Crippen molar-refractivity contribution in [3.63, 3.8) is 0 Å². The second kappa shape index (κ2) is 3.98. The Hall–Kier alpha value is -2.54. The predicted molar refractivity (Wildman–Crippen MR) is 88.6 cm³/mol. The van der Waals surface area contributed by atoms with Gasteiger partial charge in [0.05, 0.1) is 0 Å². The molecule has 1 heterocycles. The Morgan fingerprint density at radius 2 is 1.43 bits per heavy atom. The molecule has 0 atom stereocenters. The number of benzene rings is 3. The van der Waals surface area contributed by atoms with Crippen molar-refractivity contribution < 1.29 is 0 Å². The minimum atomic E-state index is 1.13. The second-order valence-electron chi connectivity index (χ2n) is 5.84. The van der Waals surface area contributed by atoms with Crippen LogP contribution in [0.3, 0.4) is 0 Å². The molecule has 1 nitrogen and oxygen atoms in total. The molecule has 3 aromatic carbocycles. The Morgan fingerprint density at radius 1 is 0.667 bits per heavy atom. The van der Waals surface area contributed by atoms with Gasteiger partial charge < -0.3 is 4.98 Å². The van der Waals surface area contributed by atoms with Crippen LogP contribution in [0.15, 0.2) is 60.7 Å². The van der Waals surface area contributed by atoms with Gasteiger partial charge in [0, 0.05) is 22.2 Å². The number of nitrogens with one attached hydrogen (secondary N) is 1. The first kappa shape index (κ1) is 11.2. The van der Waals surface area contributed by atoms with Crippen LogP contribution in [0.1, 0.15) is 11.1 Å². The Kier molecular flexibility index (Phi) is 2.12. The van der Waals surface area contributed by atoms with E-state index in [0.29, 0.717) is 0 Å². The minimum absolute atomic E-state index is 1.13. The van der Waals surface area contributed by atoms with Crippen molar-refractivity contribution >= 4 is 21.7 Å². The zero-order chi connectivity index (χ0) is 13.8. The fraction of sp³-hybridized carbons (Fsp3) is 0.100. The van der Waals surface area contributed by atoms with E-state index in [1.165, 1.54) is 44.1 Å². The van der Waals surface area contributed by atoms with Crippen LogP contribution in [-0.4, -0.2) is 4.98 Å². The lowest BCUT2D eigenvalue weighted by Gasteiger charge is -2.19. The molecule has 0 radical (unpaired) electrons. The van der Waals surface area contributed by atoms with Crippen molar-refractivity contribution in [2.24, 2.45) is 0 Å². The lowest BCUT2D eigenvalue weighted by atomic mass is 9.86. The van der Waals surface area contributed by atoms with E-state index in [0.717, 1.165) is 12.8 Å². The van der Waals surface area contributed by atoms with Crippen LogP contribution in [0.4, 0.5) is 0 Å². The number of para-hydroxylation sites is 1. The number of aryl methyl sites for hydroxylation is 2. The van der Waals surface area contributed by atoms with E-state index in [4.69, 9.17) is 0 Å². The lowest BCUT2D eigenvalue weighted by Crippen LogP contribution is -2.03. The summed E-state index contributed by atoms with van der Waals surface area (Å²) in [6, 6.07) is 21.9. The summed E-state index contributed by atoms with van der Waals surface area (Å²) >= 11 is 0. The molecule has 0 fully saturated rings. The number of H-pyrrole nitrogens is 1. The Bertz CT molecular complexity index is 991. The SMILES string of the molecule is c1ccc2c3c(ccc2c1)-c1[nH]c2ccccc2c1CC3. The molecule has 0 saturated carbocycles. The number of aromatic amines is 1. The van der Waals surface area contributed by atoms with Crippen molar-refractivity contribution in [2.75, 3.05) is 0 Å². The highest BCUT2D eigenvalue weighted by Crippen LogP contribution is 2.40. The number of aromatic nitrogens is 1. The molecule has 1 aliphatic carbocycles. The fourth-order valence-electron chi connectivity index (χ4n) is 3.78. The maximum Gasteiger partial charge on any atom is 0.0500 e. The average molecular weight is 269 g/mol. The van der Waals surface area contributed by atoms with E-state index in [2.05, 4.69) is 65.6 Å². The van der Waals surface area contributed by atoms with Gasteiger partial charge in [0.1, 0.15) is 0 Å². The van der Waals surface area contributed by atoms with Crippen LogP contribution in [0.5, 0.6) is 0 Å². The largest absolute Gasteiger partial charge is 0.354 e. The van der Waals surface area contributed by atoms with Crippen LogP contribution in [0.25, 0.3) is 32.9 Å². The summed E-state index contributed by atoms with van der Waals surface area (Å²) in [5.74, 6) is 0. The van der Waals surface area contributed by atoms with E-state index >= 15 is 0 Å². The minimum Gasteiger partial charge on any atom is -0.354 e. The Balaban J connectivity index is 1.89. The van der Waals surface area contributed by atoms with E-state index in [1.54, 1.807) is 0 Å². The van der Waals surface area contributed by atoms with Crippen molar-refractivity contribution in [1.29, 1.82) is 0 Å². The highest BCUT2D eigenvalue weighted by Gasteiger charge is 2.21. The molecule has 1 heteroatoms. The zero-order valence-electron chi connectivity index (χ0n) is 11.7. The molecule has 21 heavy (non-hydrogen) atoms. The van der Waals surface area contributed by atoms with Crippen LogP contribution in [0.2, 0.25) is 0 Å². The molecule has 4 aromatic rings. The normalized spacial score (nSPS) is 13.3. The van der Waals surface area contributed by atoms with Gasteiger partial charge in [-0.15, -0.1) is 0 Å². The molecule has 100 valence electrons. The first-order valence-electron chi connectivity index (χ1n) is 7.52. The third-order valence-corrected chi connectivity index (χ3v) is 4.75. The molecule has 0 spiro atoms. The zero-order valence-corrected chi connectivity index (χ0v) is 11.7. The quantitative estimate of drug-likeness (QED) is 0.458. The molecule has 0 unspecified atom stereocenters. The number of hydrogen-bond donors (Lipinski definition) is 1. The fourth-order valence-corrected chi connectivity index (χ4v) is 3.78. The maximum atomic E-state index is 3.64. The van der Waals surface area contributed by atoms with Gasteiger partial charge >= 0.3 is 0 Å². The topological polar surface area (TPSA) is 15.8 Å². The first-order chi connectivity index (χ1) is 10.4. The van der Waals surface area contributed by atoms with Crippen molar-refractivity contribution in [2.45, 2.75) is 12.8 Å². The van der Waals surface area contributed by atoms with Crippen LogP contribution in [-0.2, 0) is 12.8 Å². The third kappa shape index (κ3) is 1.46. The molecular weight excluding hydrogens is 254 g/mol. The summed E-state index contributed by atoms with van der Waals surface area (Å²) in [6.45, 7) is 0. The first-order valence-corrected chi connectivity index (χ1v) is 7.52. The van der Waals surface area contributed by atoms with Crippen LogP contribution >= 0.6 is 0 Å². The summed E-state index contributed by atoms with van der Waals surface area (Å²) < 4.78 is 0. The summed E-state index contributed by atoms with van der Waals surface area (Å²) in [6.07, 6.45) is 2.26. The third-order valence-electron chi connectivity index (χ3n) is 4.75. The van der Waals surface area contributed by atoms with Gasteiger partial charge in [-0.3, -0.25) is 0 Å². The van der Waals surface area contributed by atoms with Gasteiger partial charge in [-0.25, -0.2) is 0 Å². The predicted octanol–water partition coefficient (Wildman–Crippen LogP) is 5.09. The van der Waals surface area contributed by atoms with Crippen LogP contribution < -0.4 is 0 Å². The molecule has 0 aliphatic heterocycles. The second-order valence-corrected chi connectivity index (χ2v) is 5.84. The van der Waals surface area contributed by atoms with E-state index in [9.17, 15) is 0 Å². The molecule has 0 saturated heterocycles. The van der Waals surface area contributed by atoms with Gasteiger partial charge in [0.2, 0.25) is 0 Å². The number of hydrogen-bond acceptors (Lipinski definition) is 0. The summed E-state index contributed by atoms with van der Waals surface area (Å²) in [4.78, 5) is 3.64. The molecule has 1 aliphatic rings. The van der Waals surface area contributed by atoms with Crippen molar-refractivity contribution in [1.82, 2.24) is 4.98 Å². The standard InChI is InChI=1S/C20H15N/c1-2-6-14-13(5-1)9-10-17-15(14)11-12-18-16-7-3-4-8-19(16)21-20(17)18/h1-10,21H,11-12H2. The number of rotatable bonds is 0. The average Bonchev–Trinajstić information content (AvgIpc) is 2.93. The maximum absolute atomic E-state index is 3.64. The molecular formula is C20H15N. The van der Waals surface area contributed by atoms with Gasteiger partial charge in [-0.05, 0) is 40.8 Å². The monoisotopic (exact) mass is 269 g/mol. The van der Waals surface area contributed by atoms with Crippen LogP contribution in [0, 0.1) is 0 Å². The van der Waals surface area contributed by atoms with Gasteiger partial charge in [0.15, 0.2) is 0 Å². The van der Waals surface area contributed by atoms with Gasteiger partial charge in [-0.2, -0.15) is 0 Å². The molecule has 0 amide bonds. The summed E-state index contributed by atoms with van der Waals surface area (Å²) in [5, 5.41) is 4.13. The smallest absolute Gasteiger partial charge is 0.0500 e.